The number of halogens is 2. The molecule has 0 fully saturated rings. The van der Waals surface area contributed by atoms with Gasteiger partial charge in [-0.3, -0.25) is 4.79 Å². The van der Waals surface area contributed by atoms with E-state index in [0.29, 0.717) is 17.1 Å². The van der Waals surface area contributed by atoms with Crippen LogP contribution in [0.4, 0.5) is 5.69 Å². The summed E-state index contributed by atoms with van der Waals surface area (Å²) in [5.41, 5.74) is 0.699. The van der Waals surface area contributed by atoms with E-state index in [9.17, 15) is 4.79 Å². The Bertz CT molecular complexity index is 354. The first-order chi connectivity index (χ1) is 7.13. The third kappa shape index (κ3) is 4.38. The average Bonchev–Trinajstić information content (AvgIpc) is 2.20. The monoisotopic (exact) mass is 337 g/mol. The Morgan fingerprint density at radius 1 is 1.53 bits per heavy atom. The van der Waals surface area contributed by atoms with Crippen LogP contribution in [-0.2, 0) is 4.79 Å². The van der Waals surface area contributed by atoms with Gasteiger partial charge in [-0.25, -0.2) is 0 Å². The van der Waals surface area contributed by atoms with Gasteiger partial charge >= 0.3 is 0 Å². The highest BCUT2D eigenvalue weighted by Crippen LogP contribution is 2.24. The van der Waals surface area contributed by atoms with Crippen molar-refractivity contribution in [1.82, 2.24) is 0 Å². The summed E-state index contributed by atoms with van der Waals surface area (Å²) in [5.74, 6) is 0.0285. The Hall–Kier alpha value is -0.290. The molecule has 1 aromatic carbocycles. The molecule has 0 aliphatic heterocycles. The van der Waals surface area contributed by atoms with Gasteiger partial charge < -0.3 is 5.32 Å². The Morgan fingerprint density at radius 3 is 2.93 bits per heavy atom. The number of amides is 1. The largest absolute Gasteiger partial charge is 0.325 e. The summed E-state index contributed by atoms with van der Waals surface area (Å²) in [7, 11) is 0. The number of carbonyl (C=O) groups excluding carboxylic acids is 1. The number of benzene rings is 1. The van der Waals surface area contributed by atoms with Gasteiger partial charge in [0.25, 0.3) is 0 Å². The molecule has 0 aromatic heterocycles. The van der Waals surface area contributed by atoms with E-state index < -0.39 is 0 Å². The van der Waals surface area contributed by atoms with Gasteiger partial charge in [-0.05, 0) is 47.2 Å². The standard InChI is InChI=1S/C11H13ClINO/c1-2-3-4-11(15)14-10-7-8(13)5-6-9(10)12/h5-7H,2-4H2,1H3,(H,14,15). The summed E-state index contributed by atoms with van der Waals surface area (Å²) < 4.78 is 1.06. The van der Waals surface area contributed by atoms with Crippen LogP contribution >= 0.6 is 34.2 Å². The molecular formula is C11H13ClINO. The second kappa shape index (κ2) is 6.33. The van der Waals surface area contributed by atoms with Crippen molar-refractivity contribution in [3.63, 3.8) is 0 Å². The fourth-order valence-corrected chi connectivity index (χ4v) is 1.80. The van der Waals surface area contributed by atoms with Gasteiger partial charge in [0.1, 0.15) is 0 Å². The highest BCUT2D eigenvalue weighted by Gasteiger charge is 2.05. The topological polar surface area (TPSA) is 29.1 Å². The van der Waals surface area contributed by atoms with E-state index in [1.165, 1.54) is 0 Å². The van der Waals surface area contributed by atoms with Crippen molar-refractivity contribution in [3.8, 4) is 0 Å². The van der Waals surface area contributed by atoms with Crippen LogP contribution in [0, 0.1) is 3.57 Å². The second-order valence-corrected chi connectivity index (χ2v) is 4.93. The molecule has 15 heavy (non-hydrogen) atoms. The number of carbonyl (C=O) groups is 1. The fraction of sp³-hybridized carbons (Fsp3) is 0.364. The van der Waals surface area contributed by atoms with Crippen LogP contribution in [0.15, 0.2) is 18.2 Å². The predicted molar refractivity (Wildman–Crippen MR) is 72.3 cm³/mol. The SMILES string of the molecule is CCCCC(=O)Nc1cc(I)ccc1Cl. The van der Waals surface area contributed by atoms with Crippen molar-refractivity contribution >= 4 is 45.8 Å². The van der Waals surface area contributed by atoms with Crippen LogP contribution in [0.5, 0.6) is 0 Å². The van der Waals surface area contributed by atoms with Gasteiger partial charge in [-0.1, -0.05) is 24.9 Å². The maximum atomic E-state index is 11.5. The van der Waals surface area contributed by atoms with Gasteiger partial charge in [0.15, 0.2) is 0 Å². The van der Waals surface area contributed by atoms with Crippen LogP contribution in [0.25, 0.3) is 0 Å². The number of anilines is 1. The number of unbranched alkanes of at least 4 members (excludes halogenated alkanes) is 1. The van der Waals surface area contributed by atoms with E-state index in [1.807, 2.05) is 12.1 Å². The van der Waals surface area contributed by atoms with Crippen molar-refractivity contribution in [2.24, 2.45) is 0 Å². The predicted octanol–water partition coefficient (Wildman–Crippen LogP) is 4.07. The molecule has 1 N–H and O–H groups in total. The average molecular weight is 338 g/mol. The first-order valence-corrected chi connectivity index (χ1v) is 6.34. The van der Waals surface area contributed by atoms with E-state index in [4.69, 9.17) is 11.6 Å². The zero-order valence-electron chi connectivity index (χ0n) is 8.52. The maximum absolute atomic E-state index is 11.5. The molecule has 1 rings (SSSR count). The molecule has 0 aliphatic carbocycles. The van der Waals surface area contributed by atoms with E-state index >= 15 is 0 Å². The number of rotatable bonds is 4. The third-order valence-corrected chi connectivity index (χ3v) is 2.96. The van der Waals surface area contributed by atoms with Crippen molar-refractivity contribution in [3.05, 3.63) is 26.8 Å². The Morgan fingerprint density at radius 2 is 2.27 bits per heavy atom. The van der Waals surface area contributed by atoms with Crippen LogP contribution < -0.4 is 5.32 Å². The van der Waals surface area contributed by atoms with Gasteiger partial charge in [-0.2, -0.15) is 0 Å². The lowest BCUT2D eigenvalue weighted by Gasteiger charge is -2.07. The second-order valence-electron chi connectivity index (χ2n) is 3.28. The normalized spacial score (nSPS) is 10.1. The van der Waals surface area contributed by atoms with Gasteiger partial charge in [0.05, 0.1) is 10.7 Å². The van der Waals surface area contributed by atoms with Gasteiger partial charge in [0.2, 0.25) is 5.91 Å². The Labute approximate surface area is 109 Å². The lowest BCUT2D eigenvalue weighted by atomic mass is 10.2. The molecule has 2 nitrogen and oxygen atoms in total. The molecule has 0 saturated carbocycles. The summed E-state index contributed by atoms with van der Waals surface area (Å²) in [6, 6.07) is 5.57. The number of hydrogen-bond donors (Lipinski definition) is 1. The van der Waals surface area contributed by atoms with Crippen molar-refractivity contribution < 1.29 is 4.79 Å². The molecule has 0 unspecified atom stereocenters. The molecule has 1 aromatic rings. The van der Waals surface area contributed by atoms with Gasteiger partial charge in [-0.15, -0.1) is 0 Å². The molecule has 0 saturated heterocycles. The van der Waals surface area contributed by atoms with E-state index in [2.05, 4.69) is 34.8 Å². The summed E-state index contributed by atoms with van der Waals surface area (Å²) in [4.78, 5) is 11.5. The molecule has 0 atom stereocenters. The minimum absolute atomic E-state index is 0.0285. The minimum Gasteiger partial charge on any atom is -0.325 e. The molecule has 82 valence electrons. The quantitative estimate of drug-likeness (QED) is 0.824. The molecule has 0 bridgehead atoms. The fourth-order valence-electron chi connectivity index (χ4n) is 1.14. The minimum atomic E-state index is 0.0285. The van der Waals surface area contributed by atoms with E-state index in [-0.39, 0.29) is 5.91 Å². The molecule has 0 radical (unpaired) electrons. The molecule has 0 spiro atoms. The summed E-state index contributed by atoms with van der Waals surface area (Å²) in [5, 5.41) is 3.39. The number of nitrogens with one attached hydrogen (secondary N) is 1. The first-order valence-electron chi connectivity index (χ1n) is 4.88. The zero-order chi connectivity index (χ0) is 11.3. The first kappa shape index (κ1) is 12.8. The van der Waals surface area contributed by atoms with Crippen LogP contribution in [0.3, 0.4) is 0 Å². The molecule has 0 aliphatic rings. The maximum Gasteiger partial charge on any atom is 0.224 e. The summed E-state index contributed by atoms with van der Waals surface area (Å²) in [6.07, 6.45) is 2.49. The van der Waals surface area contributed by atoms with Crippen molar-refractivity contribution in [2.45, 2.75) is 26.2 Å². The van der Waals surface area contributed by atoms with Gasteiger partial charge in [0, 0.05) is 9.99 Å². The zero-order valence-corrected chi connectivity index (χ0v) is 11.4. The molecule has 0 heterocycles. The lowest BCUT2D eigenvalue weighted by molar-refractivity contribution is -0.116. The van der Waals surface area contributed by atoms with Crippen LogP contribution in [-0.4, -0.2) is 5.91 Å². The summed E-state index contributed by atoms with van der Waals surface area (Å²) in [6.45, 7) is 2.06. The molecular weight excluding hydrogens is 324 g/mol. The summed E-state index contributed by atoms with van der Waals surface area (Å²) >= 11 is 8.14. The number of hydrogen-bond acceptors (Lipinski definition) is 1. The lowest BCUT2D eigenvalue weighted by Crippen LogP contribution is -2.11. The van der Waals surface area contributed by atoms with Crippen LogP contribution in [0.2, 0.25) is 5.02 Å². The highest BCUT2D eigenvalue weighted by molar-refractivity contribution is 14.1. The van der Waals surface area contributed by atoms with Crippen LogP contribution in [0.1, 0.15) is 26.2 Å². The third-order valence-electron chi connectivity index (χ3n) is 1.96. The molecule has 1 amide bonds. The van der Waals surface area contributed by atoms with E-state index in [0.717, 1.165) is 16.4 Å². The Kier molecular flexibility index (Phi) is 5.39. The van der Waals surface area contributed by atoms with Crippen molar-refractivity contribution in [2.75, 3.05) is 5.32 Å². The smallest absolute Gasteiger partial charge is 0.224 e. The Balaban J connectivity index is 2.63. The van der Waals surface area contributed by atoms with E-state index in [1.54, 1.807) is 6.07 Å². The molecule has 4 heteroatoms. The highest BCUT2D eigenvalue weighted by atomic mass is 127. The van der Waals surface area contributed by atoms with Crippen molar-refractivity contribution in [1.29, 1.82) is 0 Å².